The first-order valence-electron chi connectivity index (χ1n) is 7.69. The first-order valence-corrected chi connectivity index (χ1v) is 9.20. The van der Waals surface area contributed by atoms with Gasteiger partial charge < -0.3 is 10.1 Å². The van der Waals surface area contributed by atoms with Gasteiger partial charge in [-0.1, -0.05) is 0 Å². The lowest BCUT2D eigenvalue weighted by Gasteiger charge is -2.32. The molecule has 1 N–H and O–H groups in total. The number of morpholine rings is 1. The summed E-state index contributed by atoms with van der Waals surface area (Å²) in [5.41, 5.74) is 0. The van der Waals surface area contributed by atoms with E-state index in [2.05, 4.69) is 10.2 Å². The monoisotopic (exact) mass is 303 g/mol. The third kappa shape index (κ3) is 3.01. The number of piperidine rings is 1. The lowest BCUT2D eigenvalue weighted by Crippen LogP contribution is -2.47. The van der Waals surface area contributed by atoms with E-state index in [1.54, 1.807) is 4.31 Å². The number of sulfonamides is 1. The highest BCUT2D eigenvalue weighted by atomic mass is 32.2. The van der Waals surface area contributed by atoms with Crippen molar-refractivity contribution in [2.45, 2.75) is 30.6 Å². The maximum atomic E-state index is 12.7. The summed E-state index contributed by atoms with van der Waals surface area (Å²) in [5, 5.41) is 3.06. The zero-order chi connectivity index (χ0) is 14.0. The van der Waals surface area contributed by atoms with Crippen LogP contribution in [0.2, 0.25) is 0 Å². The lowest BCUT2D eigenvalue weighted by atomic mass is 10.2. The zero-order valence-corrected chi connectivity index (χ0v) is 12.8. The van der Waals surface area contributed by atoms with Gasteiger partial charge >= 0.3 is 0 Å². The third-order valence-corrected chi connectivity index (χ3v) is 7.12. The molecule has 1 atom stereocenters. The van der Waals surface area contributed by atoms with Gasteiger partial charge in [-0.2, -0.15) is 0 Å². The summed E-state index contributed by atoms with van der Waals surface area (Å²) >= 11 is 0. The van der Waals surface area contributed by atoms with Gasteiger partial charge in [-0.3, -0.25) is 4.90 Å². The van der Waals surface area contributed by atoms with E-state index in [0.717, 1.165) is 58.7 Å². The normalized spacial score (nSPS) is 31.7. The first kappa shape index (κ1) is 14.7. The van der Waals surface area contributed by atoms with Crippen LogP contribution in [-0.2, 0) is 14.8 Å². The van der Waals surface area contributed by atoms with Crippen LogP contribution in [0.1, 0.15) is 19.3 Å². The van der Waals surface area contributed by atoms with Crippen LogP contribution in [0, 0.1) is 0 Å². The number of hydrogen-bond acceptors (Lipinski definition) is 5. The number of nitrogens with zero attached hydrogens (tertiary/aromatic N) is 2. The number of nitrogens with one attached hydrogen (secondary N) is 1. The van der Waals surface area contributed by atoms with Crippen molar-refractivity contribution in [1.82, 2.24) is 14.5 Å². The average Bonchev–Trinajstić information content (AvgIpc) is 3.00. The van der Waals surface area contributed by atoms with Crippen molar-refractivity contribution in [1.29, 1.82) is 0 Å². The van der Waals surface area contributed by atoms with Crippen molar-refractivity contribution in [2.75, 3.05) is 52.5 Å². The summed E-state index contributed by atoms with van der Waals surface area (Å²) < 4.78 is 32.4. The molecule has 0 aliphatic carbocycles. The zero-order valence-electron chi connectivity index (χ0n) is 12.0. The number of ether oxygens (including phenoxy) is 1. The smallest absolute Gasteiger partial charge is 0.217 e. The van der Waals surface area contributed by atoms with Crippen molar-refractivity contribution in [3.8, 4) is 0 Å². The van der Waals surface area contributed by atoms with E-state index in [4.69, 9.17) is 4.74 Å². The third-order valence-electron chi connectivity index (χ3n) is 4.76. The average molecular weight is 303 g/mol. The van der Waals surface area contributed by atoms with Crippen LogP contribution in [0.25, 0.3) is 0 Å². The Balaban J connectivity index is 1.60. The Kier molecular flexibility index (Phi) is 4.62. The SMILES string of the molecule is O=S(=O)(C1CCNCC1)N1CCC(N2CCOCC2)C1. The van der Waals surface area contributed by atoms with Gasteiger partial charge in [0.2, 0.25) is 10.0 Å². The summed E-state index contributed by atoms with van der Waals surface area (Å²) in [5.74, 6) is 0. The molecule has 0 saturated carbocycles. The second-order valence-corrected chi connectivity index (χ2v) is 8.16. The molecule has 0 aromatic heterocycles. The maximum absolute atomic E-state index is 12.7. The molecule has 0 spiro atoms. The maximum Gasteiger partial charge on any atom is 0.217 e. The largest absolute Gasteiger partial charge is 0.379 e. The number of hydrogen-bond donors (Lipinski definition) is 1. The second-order valence-electron chi connectivity index (χ2n) is 5.94. The van der Waals surface area contributed by atoms with Gasteiger partial charge in [0.1, 0.15) is 0 Å². The van der Waals surface area contributed by atoms with Gasteiger partial charge in [0, 0.05) is 32.2 Å². The van der Waals surface area contributed by atoms with Gasteiger partial charge in [0.15, 0.2) is 0 Å². The molecule has 7 heteroatoms. The van der Waals surface area contributed by atoms with Gasteiger partial charge in [0.25, 0.3) is 0 Å². The molecule has 0 aromatic carbocycles. The van der Waals surface area contributed by atoms with Crippen LogP contribution in [0.4, 0.5) is 0 Å². The fraction of sp³-hybridized carbons (Fsp3) is 1.00. The van der Waals surface area contributed by atoms with E-state index < -0.39 is 10.0 Å². The molecule has 3 aliphatic rings. The predicted molar refractivity (Wildman–Crippen MR) is 77.2 cm³/mol. The van der Waals surface area contributed by atoms with E-state index in [1.807, 2.05) is 0 Å². The molecule has 0 aromatic rings. The molecule has 1 unspecified atom stereocenters. The predicted octanol–water partition coefficient (Wildman–Crippen LogP) is -0.525. The summed E-state index contributed by atoms with van der Waals surface area (Å²) in [6.45, 7) is 6.43. The van der Waals surface area contributed by atoms with Crippen molar-refractivity contribution in [3.63, 3.8) is 0 Å². The standard InChI is InChI=1S/C13H25N3O3S/c17-20(18,13-1-4-14-5-2-13)16-6-3-12(11-16)15-7-9-19-10-8-15/h12-14H,1-11H2. The van der Waals surface area contributed by atoms with E-state index in [9.17, 15) is 8.42 Å². The van der Waals surface area contributed by atoms with Crippen molar-refractivity contribution in [3.05, 3.63) is 0 Å². The van der Waals surface area contributed by atoms with Crippen molar-refractivity contribution in [2.24, 2.45) is 0 Å². The van der Waals surface area contributed by atoms with Gasteiger partial charge in [-0.25, -0.2) is 12.7 Å². The molecule has 3 aliphatic heterocycles. The summed E-state index contributed by atoms with van der Waals surface area (Å²) in [6, 6.07) is 0.385. The Labute approximate surface area is 121 Å². The topological polar surface area (TPSA) is 61.9 Å². The van der Waals surface area contributed by atoms with Crippen LogP contribution in [0.3, 0.4) is 0 Å². The van der Waals surface area contributed by atoms with Crippen LogP contribution in [0.15, 0.2) is 0 Å². The second kappa shape index (κ2) is 6.27. The lowest BCUT2D eigenvalue weighted by molar-refractivity contribution is 0.0196. The van der Waals surface area contributed by atoms with Crippen LogP contribution < -0.4 is 5.32 Å². The number of rotatable bonds is 3. The fourth-order valence-corrected chi connectivity index (χ4v) is 5.48. The minimum absolute atomic E-state index is 0.174. The van der Waals surface area contributed by atoms with Gasteiger partial charge in [0.05, 0.1) is 18.5 Å². The van der Waals surface area contributed by atoms with Crippen LogP contribution >= 0.6 is 0 Å². The molecule has 0 amide bonds. The van der Waals surface area contributed by atoms with E-state index in [1.165, 1.54) is 0 Å². The molecule has 20 heavy (non-hydrogen) atoms. The van der Waals surface area contributed by atoms with E-state index in [-0.39, 0.29) is 5.25 Å². The highest BCUT2D eigenvalue weighted by Gasteiger charge is 2.39. The van der Waals surface area contributed by atoms with Crippen molar-refractivity contribution < 1.29 is 13.2 Å². The van der Waals surface area contributed by atoms with E-state index >= 15 is 0 Å². The van der Waals surface area contributed by atoms with Crippen LogP contribution in [0.5, 0.6) is 0 Å². The molecular weight excluding hydrogens is 278 g/mol. The highest BCUT2D eigenvalue weighted by Crippen LogP contribution is 2.25. The molecule has 0 bridgehead atoms. The summed E-state index contributed by atoms with van der Waals surface area (Å²) in [7, 11) is -3.10. The van der Waals surface area contributed by atoms with E-state index in [0.29, 0.717) is 19.1 Å². The van der Waals surface area contributed by atoms with Crippen molar-refractivity contribution >= 4 is 10.0 Å². The molecule has 0 radical (unpaired) electrons. The van der Waals surface area contributed by atoms with Gasteiger partial charge in [-0.05, 0) is 32.4 Å². The molecular formula is C13H25N3O3S. The van der Waals surface area contributed by atoms with Crippen LogP contribution in [-0.4, -0.2) is 81.4 Å². The first-order chi connectivity index (χ1) is 9.68. The summed E-state index contributed by atoms with van der Waals surface area (Å²) in [6.07, 6.45) is 2.46. The molecule has 3 fully saturated rings. The quantitative estimate of drug-likeness (QED) is 0.760. The minimum Gasteiger partial charge on any atom is -0.379 e. The molecule has 3 heterocycles. The Bertz CT molecular complexity index is 417. The Morgan fingerprint density at radius 1 is 1.00 bits per heavy atom. The Morgan fingerprint density at radius 2 is 1.70 bits per heavy atom. The Morgan fingerprint density at radius 3 is 2.40 bits per heavy atom. The molecule has 6 nitrogen and oxygen atoms in total. The molecule has 116 valence electrons. The fourth-order valence-electron chi connectivity index (χ4n) is 3.49. The van der Waals surface area contributed by atoms with Gasteiger partial charge in [-0.15, -0.1) is 0 Å². The molecule has 3 saturated heterocycles. The molecule has 3 rings (SSSR count). The highest BCUT2D eigenvalue weighted by molar-refractivity contribution is 7.89. The Hall–Kier alpha value is -0.210. The minimum atomic E-state index is -3.10. The summed E-state index contributed by atoms with van der Waals surface area (Å²) in [4.78, 5) is 2.39.